The maximum atomic E-state index is 13.8. The minimum atomic E-state index is -0.183. The molecule has 1 nitrogen and oxygen atoms in total. The summed E-state index contributed by atoms with van der Waals surface area (Å²) >= 11 is 3.42. The van der Waals surface area contributed by atoms with Crippen LogP contribution in [0.1, 0.15) is 25.8 Å². The zero-order valence-corrected chi connectivity index (χ0v) is 10.6. The minimum Gasteiger partial charge on any atom is -0.330 e. The van der Waals surface area contributed by atoms with E-state index in [0.29, 0.717) is 6.54 Å². The SMILES string of the molecule is CC1(C)CC1(CN)c1c(F)cccc1Br. The van der Waals surface area contributed by atoms with Gasteiger partial charge in [0.05, 0.1) is 0 Å². The monoisotopic (exact) mass is 271 g/mol. The van der Waals surface area contributed by atoms with Gasteiger partial charge in [0, 0.05) is 22.0 Å². The predicted octanol–water partition coefficient (Wildman–Crippen LogP) is 3.21. The van der Waals surface area contributed by atoms with Gasteiger partial charge in [0.15, 0.2) is 0 Å². The van der Waals surface area contributed by atoms with Gasteiger partial charge in [-0.3, -0.25) is 0 Å². The second-order valence-corrected chi connectivity index (χ2v) is 5.80. The van der Waals surface area contributed by atoms with E-state index in [1.165, 1.54) is 6.07 Å². The van der Waals surface area contributed by atoms with Gasteiger partial charge < -0.3 is 5.73 Å². The molecule has 0 saturated heterocycles. The second kappa shape index (κ2) is 3.29. The molecule has 1 saturated carbocycles. The highest BCUT2D eigenvalue weighted by Gasteiger charge is 2.62. The van der Waals surface area contributed by atoms with E-state index in [2.05, 4.69) is 29.8 Å². The highest BCUT2D eigenvalue weighted by molar-refractivity contribution is 9.10. The summed E-state index contributed by atoms with van der Waals surface area (Å²) < 4.78 is 14.7. The Morgan fingerprint density at radius 3 is 2.47 bits per heavy atom. The molecule has 0 aromatic heterocycles. The fourth-order valence-corrected chi connectivity index (χ4v) is 3.26. The predicted molar refractivity (Wildman–Crippen MR) is 63.2 cm³/mol. The first-order chi connectivity index (χ1) is 6.94. The van der Waals surface area contributed by atoms with Crippen molar-refractivity contribution in [3.05, 3.63) is 34.1 Å². The van der Waals surface area contributed by atoms with Crippen LogP contribution in [0.4, 0.5) is 4.39 Å². The van der Waals surface area contributed by atoms with Crippen molar-refractivity contribution in [3.63, 3.8) is 0 Å². The third kappa shape index (κ3) is 1.44. The Morgan fingerprint density at radius 2 is 2.07 bits per heavy atom. The van der Waals surface area contributed by atoms with Crippen LogP contribution in [0.15, 0.2) is 22.7 Å². The molecule has 1 unspecified atom stereocenters. The number of nitrogens with two attached hydrogens (primary N) is 1. The molecule has 3 heteroatoms. The first-order valence-electron chi connectivity index (χ1n) is 5.09. The molecule has 0 bridgehead atoms. The normalized spacial score (nSPS) is 27.8. The topological polar surface area (TPSA) is 26.0 Å². The van der Waals surface area contributed by atoms with Crippen LogP contribution in [0, 0.1) is 11.2 Å². The Morgan fingerprint density at radius 1 is 1.47 bits per heavy atom. The van der Waals surface area contributed by atoms with Crippen molar-refractivity contribution < 1.29 is 4.39 Å². The van der Waals surface area contributed by atoms with Crippen molar-refractivity contribution in [2.75, 3.05) is 6.54 Å². The quantitative estimate of drug-likeness (QED) is 0.879. The molecular weight excluding hydrogens is 257 g/mol. The third-order valence-electron chi connectivity index (χ3n) is 3.70. The molecule has 0 aliphatic heterocycles. The zero-order chi connectivity index (χ0) is 11.3. The summed E-state index contributed by atoms with van der Waals surface area (Å²) in [6.45, 7) is 4.77. The molecule has 1 aromatic rings. The summed E-state index contributed by atoms with van der Waals surface area (Å²) in [5.74, 6) is -0.152. The van der Waals surface area contributed by atoms with Gasteiger partial charge in [-0.15, -0.1) is 0 Å². The van der Waals surface area contributed by atoms with Crippen molar-refractivity contribution >= 4 is 15.9 Å². The van der Waals surface area contributed by atoms with E-state index < -0.39 is 0 Å². The molecular formula is C12H15BrFN. The Bertz CT molecular complexity index is 382. The summed E-state index contributed by atoms with van der Waals surface area (Å²) in [5, 5.41) is 0. The summed E-state index contributed by atoms with van der Waals surface area (Å²) in [4.78, 5) is 0. The lowest BCUT2D eigenvalue weighted by molar-refractivity contribution is 0.475. The van der Waals surface area contributed by atoms with Gasteiger partial charge >= 0.3 is 0 Å². The fraction of sp³-hybridized carbons (Fsp3) is 0.500. The Hall–Kier alpha value is -0.410. The van der Waals surface area contributed by atoms with E-state index in [-0.39, 0.29) is 16.6 Å². The van der Waals surface area contributed by atoms with Crippen molar-refractivity contribution in [3.8, 4) is 0 Å². The van der Waals surface area contributed by atoms with Crippen LogP contribution >= 0.6 is 15.9 Å². The minimum absolute atomic E-state index is 0.104. The van der Waals surface area contributed by atoms with Crippen LogP contribution in [-0.2, 0) is 5.41 Å². The highest BCUT2D eigenvalue weighted by Crippen LogP contribution is 2.65. The van der Waals surface area contributed by atoms with Gasteiger partial charge in [-0.25, -0.2) is 4.39 Å². The molecule has 1 fully saturated rings. The molecule has 0 radical (unpaired) electrons. The summed E-state index contributed by atoms with van der Waals surface area (Å²) in [7, 11) is 0. The lowest BCUT2D eigenvalue weighted by Crippen LogP contribution is -2.27. The molecule has 1 aliphatic carbocycles. The maximum Gasteiger partial charge on any atom is 0.128 e. The molecule has 1 aromatic carbocycles. The van der Waals surface area contributed by atoms with E-state index in [4.69, 9.17) is 5.73 Å². The smallest absolute Gasteiger partial charge is 0.128 e. The van der Waals surface area contributed by atoms with Crippen molar-refractivity contribution in [2.24, 2.45) is 11.1 Å². The molecule has 1 atom stereocenters. The van der Waals surface area contributed by atoms with Crippen LogP contribution in [-0.4, -0.2) is 6.54 Å². The Kier molecular flexibility index (Phi) is 2.43. The van der Waals surface area contributed by atoms with E-state index >= 15 is 0 Å². The van der Waals surface area contributed by atoms with E-state index in [1.54, 1.807) is 6.07 Å². The second-order valence-electron chi connectivity index (χ2n) is 4.94. The van der Waals surface area contributed by atoms with Crippen LogP contribution in [0.2, 0.25) is 0 Å². The lowest BCUT2D eigenvalue weighted by atomic mass is 9.87. The third-order valence-corrected chi connectivity index (χ3v) is 4.36. The van der Waals surface area contributed by atoms with Crippen molar-refractivity contribution in [2.45, 2.75) is 25.7 Å². The number of benzene rings is 1. The standard InChI is InChI=1S/C12H15BrFN/c1-11(2)6-12(11,7-15)10-8(13)4-3-5-9(10)14/h3-5H,6-7,15H2,1-2H3. The number of hydrogen-bond donors (Lipinski definition) is 1. The van der Waals surface area contributed by atoms with E-state index in [1.807, 2.05) is 6.07 Å². The maximum absolute atomic E-state index is 13.8. The van der Waals surface area contributed by atoms with Gasteiger partial charge in [-0.2, -0.15) is 0 Å². The first-order valence-corrected chi connectivity index (χ1v) is 5.88. The molecule has 82 valence electrons. The molecule has 0 amide bonds. The highest BCUT2D eigenvalue weighted by atomic mass is 79.9. The molecule has 2 N–H and O–H groups in total. The van der Waals surface area contributed by atoms with Crippen LogP contribution in [0.5, 0.6) is 0 Å². The molecule has 1 aliphatic rings. The summed E-state index contributed by atoms with van der Waals surface area (Å²) in [6.07, 6.45) is 0.954. The first kappa shape index (κ1) is 11.1. The van der Waals surface area contributed by atoms with Crippen molar-refractivity contribution in [1.29, 1.82) is 0 Å². The van der Waals surface area contributed by atoms with E-state index in [0.717, 1.165) is 16.5 Å². The van der Waals surface area contributed by atoms with Gasteiger partial charge in [0.2, 0.25) is 0 Å². The van der Waals surface area contributed by atoms with Crippen LogP contribution in [0.3, 0.4) is 0 Å². The van der Waals surface area contributed by atoms with Gasteiger partial charge in [0.25, 0.3) is 0 Å². The molecule has 0 heterocycles. The average molecular weight is 272 g/mol. The van der Waals surface area contributed by atoms with Crippen LogP contribution < -0.4 is 5.73 Å². The summed E-state index contributed by atoms with van der Waals surface area (Å²) in [6, 6.07) is 5.10. The lowest BCUT2D eigenvalue weighted by Gasteiger charge is -2.21. The van der Waals surface area contributed by atoms with Gasteiger partial charge in [-0.1, -0.05) is 35.8 Å². The average Bonchev–Trinajstić information content (AvgIpc) is 2.69. The van der Waals surface area contributed by atoms with Gasteiger partial charge in [-0.05, 0) is 24.0 Å². The van der Waals surface area contributed by atoms with E-state index in [9.17, 15) is 4.39 Å². The number of rotatable bonds is 2. The molecule has 2 rings (SSSR count). The largest absolute Gasteiger partial charge is 0.330 e. The summed E-state index contributed by atoms with van der Waals surface area (Å²) in [5.41, 5.74) is 6.49. The Balaban J connectivity index is 2.55. The zero-order valence-electron chi connectivity index (χ0n) is 8.98. The number of hydrogen-bond acceptors (Lipinski definition) is 1. The molecule has 0 spiro atoms. The fourth-order valence-electron chi connectivity index (χ4n) is 2.54. The Labute approximate surface area is 98.0 Å². The molecule has 15 heavy (non-hydrogen) atoms. The van der Waals surface area contributed by atoms with Crippen molar-refractivity contribution in [1.82, 2.24) is 0 Å². The van der Waals surface area contributed by atoms with Gasteiger partial charge in [0.1, 0.15) is 5.82 Å². The number of halogens is 2. The van der Waals surface area contributed by atoms with Crippen LogP contribution in [0.25, 0.3) is 0 Å².